The molecule has 158 valence electrons. The molecule has 0 saturated carbocycles. The number of fused-ring (bicyclic) bond motifs is 2. The van der Waals surface area contributed by atoms with Crippen molar-refractivity contribution in [2.24, 2.45) is 0 Å². The third kappa shape index (κ3) is 3.11. The molecule has 0 aliphatic heterocycles. The van der Waals surface area contributed by atoms with Crippen LogP contribution >= 0.6 is 0 Å². The van der Waals surface area contributed by atoms with Crippen molar-refractivity contribution in [3.63, 3.8) is 0 Å². The first-order chi connectivity index (χ1) is 16.2. The van der Waals surface area contributed by atoms with E-state index in [0.717, 1.165) is 38.9 Å². The van der Waals surface area contributed by atoms with Crippen molar-refractivity contribution >= 4 is 16.6 Å². The van der Waals surface area contributed by atoms with Gasteiger partial charge in [0.25, 0.3) is 5.56 Å². The number of nitrogens with zero attached hydrogens (tertiary/aromatic N) is 4. The molecular formula is C27H19N5O. The number of H-pyrrole nitrogens is 1. The Labute approximate surface area is 189 Å². The lowest BCUT2D eigenvalue weighted by atomic mass is 10.0. The Balaban J connectivity index is 1.66. The van der Waals surface area contributed by atoms with Crippen molar-refractivity contribution in [2.45, 2.75) is 6.92 Å². The molecule has 3 aromatic heterocycles. The van der Waals surface area contributed by atoms with Crippen LogP contribution in [0.2, 0.25) is 0 Å². The van der Waals surface area contributed by atoms with Gasteiger partial charge in [0, 0.05) is 17.1 Å². The van der Waals surface area contributed by atoms with Crippen molar-refractivity contribution < 1.29 is 0 Å². The third-order valence-corrected chi connectivity index (χ3v) is 5.88. The van der Waals surface area contributed by atoms with Crippen LogP contribution in [-0.4, -0.2) is 24.6 Å². The van der Waals surface area contributed by atoms with Gasteiger partial charge < -0.3 is 0 Å². The van der Waals surface area contributed by atoms with Gasteiger partial charge in [-0.3, -0.25) is 9.89 Å². The number of benzene rings is 3. The van der Waals surface area contributed by atoms with Crippen LogP contribution in [0.5, 0.6) is 0 Å². The molecule has 3 heterocycles. The molecule has 3 aromatic carbocycles. The Kier molecular flexibility index (Phi) is 4.36. The van der Waals surface area contributed by atoms with Crippen LogP contribution in [0.1, 0.15) is 5.69 Å². The number of hydrogen-bond donors (Lipinski definition) is 1. The summed E-state index contributed by atoms with van der Waals surface area (Å²) in [6.07, 6.45) is 3.27. The Hall–Kier alpha value is -4.58. The van der Waals surface area contributed by atoms with Crippen LogP contribution in [0, 0.1) is 6.92 Å². The average Bonchev–Trinajstić information content (AvgIpc) is 3.24. The first-order valence-electron chi connectivity index (χ1n) is 10.7. The maximum absolute atomic E-state index is 13.8. The zero-order valence-corrected chi connectivity index (χ0v) is 17.9. The Morgan fingerprint density at radius 2 is 1.55 bits per heavy atom. The van der Waals surface area contributed by atoms with Gasteiger partial charge in [0.2, 0.25) is 0 Å². The van der Waals surface area contributed by atoms with Crippen molar-refractivity contribution in [3.8, 4) is 33.5 Å². The fourth-order valence-electron chi connectivity index (χ4n) is 4.34. The highest BCUT2D eigenvalue weighted by Crippen LogP contribution is 2.34. The summed E-state index contributed by atoms with van der Waals surface area (Å²) in [5, 5.41) is 4.21. The first-order valence-corrected chi connectivity index (χ1v) is 10.7. The summed E-state index contributed by atoms with van der Waals surface area (Å²) in [6.45, 7) is 1.88. The average molecular weight is 429 g/mol. The predicted octanol–water partition coefficient (Wildman–Crippen LogP) is 5.28. The maximum atomic E-state index is 13.8. The van der Waals surface area contributed by atoms with E-state index in [0.29, 0.717) is 16.9 Å². The smallest absolute Gasteiger partial charge is 0.280 e. The Bertz CT molecular complexity index is 1690. The van der Waals surface area contributed by atoms with Crippen molar-refractivity contribution in [1.82, 2.24) is 24.6 Å². The van der Waals surface area contributed by atoms with Gasteiger partial charge in [0.15, 0.2) is 5.65 Å². The summed E-state index contributed by atoms with van der Waals surface area (Å²) < 4.78 is 1.55. The highest BCUT2D eigenvalue weighted by Gasteiger charge is 2.21. The molecule has 0 aliphatic rings. The molecule has 6 aromatic rings. The topological polar surface area (TPSA) is 75.9 Å². The molecule has 0 spiro atoms. The summed E-state index contributed by atoms with van der Waals surface area (Å²) in [5.41, 5.74) is 7.06. The molecule has 33 heavy (non-hydrogen) atoms. The fraction of sp³-hybridized carbons (Fsp3) is 0.0370. The number of nitrogens with one attached hydrogen (secondary N) is 1. The van der Waals surface area contributed by atoms with Gasteiger partial charge in [-0.05, 0) is 30.2 Å². The molecule has 0 atom stereocenters. The van der Waals surface area contributed by atoms with Gasteiger partial charge in [-0.15, -0.1) is 0 Å². The zero-order chi connectivity index (χ0) is 22.4. The lowest BCUT2D eigenvalue weighted by Gasteiger charge is -2.08. The Morgan fingerprint density at radius 1 is 0.818 bits per heavy atom. The quantitative estimate of drug-likeness (QED) is 0.416. The number of aromatic nitrogens is 5. The van der Waals surface area contributed by atoms with Gasteiger partial charge in [-0.1, -0.05) is 66.7 Å². The normalized spacial score (nSPS) is 11.3. The highest BCUT2D eigenvalue weighted by molar-refractivity contribution is 5.91. The largest absolute Gasteiger partial charge is 0.288 e. The zero-order valence-electron chi connectivity index (χ0n) is 17.9. The van der Waals surface area contributed by atoms with E-state index in [1.54, 1.807) is 10.7 Å². The number of aromatic amines is 1. The minimum atomic E-state index is -0.145. The molecular weight excluding hydrogens is 410 g/mol. The maximum Gasteiger partial charge on any atom is 0.280 e. The minimum Gasteiger partial charge on any atom is -0.288 e. The summed E-state index contributed by atoms with van der Waals surface area (Å²) in [7, 11) is 0. The first kappa shape index (κ1) is 19.1. The predicted molar refractivity (Wildman–Crippen MR) is 130 cm³/mol. The number of rotatable bonds is 3. The molecule has 0 saturated heterocycles. The number of hydrogen-bond acceptors (Lipinski definition) is 4. The summed E-state index contributed by atoms with van der Waals surface area (Å²) in [5.74, 6) is 0. The summed E-state index contributed by atoms with van der Waals surface area (Å²) >= 11 is 0. The standard InChI is InChI=1S/C27H19N5O/c1-17-23(20-12-13-22-21(14-20)15-28-16-29-22)27(33)32-26(30-17)24(18-8-4-2-5-9-18)25(31-32)19-10-6-3-7-11-19/h2-16,31H,1H3. The molecule has 0 radical (unpaired) electrons. The third-order valence-electron chi connectivity index (χ3n) is 5.88. The van der Waals surface area contributed by atoms with E-state index in [1.165, 1.54) is 6.33 Å². The van der Waals surface area contributed by atoms with Crippen LogP contribution in [0.3, 0.4) is 0 Å². The fourth-order valence-corrected chi connectivity index (χ4v) is 4.34. The summed E-state index contributed by atoms with van der Waals surface area (Å²) in [6, 6.07) is 25.8. The summed E-state index contributed by atoms with van der Waals surface area (Å²) in [4.78, 5) is 27.1. The van der Waals surface area contributed by atoms with E-state index in [9.17, 15) is 4.79 Å². The molecule has 6 rings (SSSR count). The molecule has 0 unspecified atom stereocenters. The monoisotopic (exact) mass is 429 g/mol. The molecule has 0 amide bonds. The van der Waals surface area contributed by atoms with Crippen LogP contribution in [0.25, 0.3) is 50.1 Å². The SMILES string of the molecule is Cc1nc2c(-c3ccccc3)c(-c3ccccc3)[nH]n2c(=O)c1-c1ccc2ncncc2c1. The van der Waals surface area contributed by atoms with Gasteiger partial charge >= 0.3 is 0 Å². The van der Waals surface area contributed by atoms with E-state index < -0.39 is 0 Å². The highest BCUT2D eigenvalue weighted by atomic mass is 16.1. The van der Waals surface area contributed by atoms with Crippen LogP contribution in [0.4, 0.5) is 0 Å². The molecule has 0 fully saturated rings. The van der Waals surface area contributed by atoms with Crippen LogP contribution < -0.4 is 5.56 Å². The molecule has 6 heteroatoms. The lowest BCUT2D eigenvalue weighted by Crippen LogP contribution is -2.19. The molecule has 0 aliphatic carbocycles. The van der Waals surface area contributed by atoms with Gasteiger partial charge in [0.05, 0.1) is 28.0 Å². The van der Waals surface area contributed by atoms with Gasteiger partial charge in [0.1, 0.15) is 6.33 Å². The van der Waals surface area contributed by atoms with E-state index in [-0.39, 0.29) is 5.56 Å². The Morgan fingerprint density at radius 3 is 2.30 bits per heavy atom. The molecule has 0 bridgehead atoms. The lowest BCUT2D eigenvalue weighted by molar-refractivity contribution is 0.897. The second-order valence-corrected chi connectivity index (χ2v) is 7.93. The second-order valence-electron chi connectivity index (χ2n) is 7.93. The van der Waals surface area contributed by atoms with Crippen LogP contribution in [0.15, 0.2) is 96.2 Å². The van der Waals surface area contributed by atoms with Crippen molar-refractivity contribution in [2.75, 3.05) is 0 Å². The minimum absolute atomic E-state index is 0.145. The van der Waals surface area contributed by atoms with E-state index in [1.807, 2.05) is 85.8 Å². The van der Waals surface area contributed by atoms with E-state index >= 15 is 0 Å². The van der Waals surface area contributed by atoms with Crippen LogP contribution in [-0.2, 0) is 0 Å². The van der Waals surface area contributed by atoms with E-state index in [2.05, 4.69) is 15.1 Å². The van der Waals surface area contributed by atoms with E-state index in [4.69, 9.17) is 4.98 Å². The number of aryl methyl sites for hydroxylation is 1. The second kappa shape index (κ2) is 7.53. The van der Waals surface area contributed by atoms with Gasteiger partial charge in [-0.25, -0.2) is 15.0 Å². The van der Waals surface area contributed by atoms with Crippen molar-refractivity contribution in [1.29, 1.82) is 0 Å². The van der Waals surface area contributed by atoms with Gasteiger partial charge in [-0.2, -0.15) is 4.52 Å². The van der Waals surface area contributed by atoms with Crippen molar-refractivity contribution in [3.05, 3.63) is 107 Å². The molecule has 6 nitrogen and oxygen atoms in total. The molecule has 1 N–H and O–H groups in total.